The van der Waals surface area contributed by atoms with Crippen LogP contribution in [0, 0.1) is 11.8 Å². The van der Waals surface area contributed by atoms with E-state index in [1.165, 1.54) is 77.4 Å². The maximum absolute atomic E-state index is 10.0. The molecule has 0 aromatic heterocycles. The van der Waals surface area contributed by atoms with E-state index in [0.717, 1.165) is 5.92 Å². The van der Waals surface area contributed by atoms with Crippen LogP contribution < -0.4 is 5.32 Å². The molecule has 3 rings (SSSR count). The second kappa shape index (κ2) is 6.97. The molecule has 122 valence electrons. The molecule has 3 aliphatic rings. The van der Waals surface area contributed by atoms with Gasteiger partial charge in [0.25, 0.3) is 0 Å². The van der Waals surface area contributed by atoms with E-state index < -0.39 is 0 Å². The molecule has 1 heterocycles. The normalized spacial score (nSPS) is 38.6. The smallest absolute Gasteiger partial charge is 0.0616 e. The summed E-state index contributed by atoms with van der Waals surface area (Å²) in [6.45, 7) is 6.56. The van der Waals surface area contributed by atoms with Crippen LogP contribution >= 0.6 is 0 Å². The van der Waals surface area contributed by atoms with Gasteiger partial charge >= 0.3 is 0 Å². The van der Waals surface area contributed by atoms with Crippen molar-refractivity contribution in [1.29, 1.82) is 0 Å². The molecule has 2 aliphatic carbocycles. The van der Waals surface area contributed by atoms with E-state index in [1.54, 1.807) is 0 Å². The van der Waals surface area contributed by atoms with Gasteiger partial charge in [0, 0.05) is 11.6 Å². The van der Waals surface area contributed by atoms with E-state index in [0.29, 0.717) is 18.6 Å². The SMILES string of the molecule is CC1CCCN(CCC2CCCC2(CO)NC2CC2)CC1. The molecule has 0 aromatic rings. The van der Waals surface area contributed by atoms with Crippen molar-refractivity contribution < 1.29 is 5.11 Å². The van der Waals surface area contributed by atoms with Crippen LogP contribution in [0.2, 0.25) is 0 Å². The Morgan fingerprint density at radius 3 is 2.71 bits per heavy atom. The molecule has 0 bridgehead atoms. The predicted molar refractivity (Wildman–Crippen MR) is 87.4 cm³/mol. The van der Waals surface area contributed by atoms with E-state index in [2.05, 4.69) is 17.1 Å². The maximum Gasteiger partial charge on any atom is 0.0616 e. The largest absolute Gasteiger partial charge is 0.394 e. The van der Waals surface area contributed by atoms with E-state index in [9.17, 15) is 5.11 Å². The van der Waals surface area contributed by atoms with E-state index >= 15 is 0 Å². The lowest BCUT2D eigenvalue weighted by Gasteiger charge is -2.36. The number of nitrogens with one attached hydrogen (secondary N) is 1. The number of likely N-dealkylation sites (tertiary alicyclic amines) is 1. The Kier molecular flexibility index (Phi) is 5.23. The molecule has 0 spiro atoms. The highest BCUT2D eigenvalue weighted by atomic mass is 16.3. The Balaban J connectivity index is 1.50. The van der Waals surface area contributed by atoms with Crippen molar-refractivity contribution in [3.63, 3.8) is 0 Å². The van der Waals surface area contributed by atoms with Crippen LogP contribution in [-0.4, -0.2) is 47.8 Å². The first-order valence-electron chi connectivity index (χ1n) is 9.33. The number of rotatable bonds is 6. The van der Waals surface area contributed by atoms with Crippen molar-refractivity contribution in [3.8, 4) is 0 Å². The molecule has 3 heteroatoms. The second-order valence-electron chi connectivity index (χ2n) is 7.99. The average Bonchev–Trinajstić information content (AvgIpc) is 3.24. The van der Waals surface area contributed by atoms with Gasteiger partial charge in [0.2, 0.25) is 0 Å². The minimum absolute atomic E-state index is 0.0559. The molecule has 2 N–H and O–H groups in total. The zero-order valence-corrected chi connectivity index (χ0v) is 13.8. The van der Waals surface area contributed by atoms with Gasteiger partial charge in [0.05, 0.1) is 6.61 Å². The van der Waals surface area contributed by atoms with Crippen LogP contribution in [0.5, 0.6) is 0 Å². The van der Waals surface area contributed by atoms with Crippen molar-refractivity contribution in [1.82, 2.24) is 10.2 Å². The summed E-state index contributed by atoms with van der Waals surface area (Å²) in [5.41, 5.74) is 0.0559. The van der Waals surface area contributed by atoms with Crippen LogP contribution in [0.4, 0.5) is 0 Å². The summed E-state index contributed by atoms with van der Waals surface area (Å²) in [7, 11) is 0. The van der Waals surface area contributed by atoms with Crippen molar-refractivity contribution in [2.75, 3.05) is 26.2 Å². The summed E-state index contributed by atoms with van der Waals surface area (Å²) in [6.07, 6.45) is 11.8. The zero-order valence-electron chi connectivity index (χ0n) is 13.8. The van der Waals surface area contributed by atoms with Gasteiger partial charge in [-0.15, -0.1) is 0 Å². The average molecular weight is 294 g/mol. The first-order chi connectivity index (χ1) is 10.2. The van der Waals surface area contributed by atoms with Crippen LogP contribution in [-0.2, 0) is 0 Å². The predicted octanol–water partition coefficient (Wildman–Crippen LogP) is 2.78. The third-order valence-electron chi connectivity index (χ3n) is 6.21. The minimum Gasteiger partial charge on any atom is -0.394 e. The third-order valence-corrected chi connectivity index (χ3v) is 6.21. The van der Waals surface area contributed by atoms with Gasteiger partial charge in [0.15, 0.2) is 0 Å². The van der Waals surface area contributed by atoms with Gasteiger partial charge < -0.3 is 15.3 Å². The molecule has 0 radical (unpaired) electrons. The van der Waals surface area contributed by atoms with Gasteiger partial charge in [-0.2, -0.15) is 0 Å². The maximum atomic E-state index is 10.0. The zero-order chi connectivity index (χ0) is 14.7. The Hall–Kier alpha value is -0.120. The molecular formula is C18H34N2O. The van der Waals surface area contributed by atoms with Crippen molar-refractivity contribution in [3.05, 3.63) is 0 Å². The molecular weight excluding hydrogens is 260 g/mol. The first kappa shape index (κ1) is 15.8. The topological polar surface area (TPSA) is 35.5 Å². The van der Waals surface area contributed by atoms with E-state index in [1.807, 2.05) is 0 Å². The summed E-state index contributed by atoms with van der Waals surface area (Å²) in [4.78, 5) is 2.68. The number of aliphatic hydroxyl groups is 1. The molecule has 2 saturated carbocycles. The van der Waals surface area contributed by atoms with Gasteiger partial charge in [-0.25, -0.2) is 0 Å². The molecule has 21 heavy (non-hydrogen) atoms. The lowest BCUT2D eigenvalue weighted by Crippen LogP contribution is -2.53. The Labute approximate surface area is 130 Å². The van der Waals surface area contributed by atoms with Crippen LogP contribution in [0.1, 0.15) is 64.7 Å². The standard InChI is InChI=1S/C18H34N2O/c1-15-4-3-11-20(12-8-15)13-9-16-5-2-10-18(16,14-21)19-17-6-7-17/h15-17,19,21H,2-14H2,1H3. The fourth-order valence-electron chi connectivity index (χ4n) is 4.53. The molecule has 1 aliphatic heterocycles. The molecule has 3 nitrogen and oxygen atoms in total. The van der Waals surface area contributed by atoms with Crippen LogP contribution in [0.15, 0.2) is 0 Å². The highest BCUT2D eigenvalue weighted by Gasteiger charge is 2.44. The van der Waals surface area contributed by atoms with Gasteiger partial charge in [-0.05, 0) is 82.8 Å². The van der Waals surface area contributed by atoms with Crippen LogP contribution in [0.3, 0.4) is 0 Å². The molecule has 1 saturated heterocycles. The first-order valence-corrected chi connectivity index (χ1v) is 9.33. The minimum atomic E-state index is 0.0559. The van der Waals surface area contributed by atoms with Crippen molar-refractivity contribution >= 4 is 0 Å². The molecule has 3 fully saturated rings. The van der Waals surface area contributed by atoms with Crippen molar-refractivity contribution in [2.24, 2.45) is 11.8 Å². The monoisotopic (exact) mass is 294 g/mol. The number of hydrogen-bond donors (Lipinski definition) is 2. The third kappa shape index (κ3) is 4.00. The highest BCUT2D eigenvalue weighted by molar-refractivity contribution is 5.03. The Morgan fingerprint density at radius 2 is 1.95 bits per heavy atom. The summed E-state index contributed by atoms with van der Waals surface area (Å²) in [5, 5.41) is 13.8. The number of aliphatic hydroxyl groups excluding tert-OH is 1. The number of nitrogens with zero attached hydrogens (tertiary/aromatic N) is 1. The lowest BCUT2D eigenvalue weighted by atomic mass is 9.85. The Morgan fingerprint density at radius 1 is 1.10 bits per heavy atom. The lowest BCUT2D eigenvalue weighted by molar-refractivity contribution is 0.109. The van der Waals surface area contributed by atoms with Crippen molar-refractivity contribution in [2.45, 2.75) is 76.3 Å². The molecule has 0 aromatic carbocycles. The highest BCUT2D eigenvalue weighted by Crippen LogP contribution is 2.40. The van der Waals surface area contributed by atoms with Crippen LogP contribution in [0.25, 0.3) is 0 Å². The van der Waals surface area contributed by atoms with Gasteiger partial charge in [-0.1, -0.05) is 13.3 Å². The fourth-order valence-corrected chi connectivity index (χ4v) is 4.53. The van der Waals surface area contributed by atoms with Gasteiger partial charge in [-0.3, -0.25) is 0 Å². The summed E-state index contributed by atoms with van der Waals surface area (Å²) in [6, 6.07) is 0.705. The second-order valence-corrected chi connectivity index (χ2v) is 7.99. The molecule has 0 amide bonds. The fraction of sp³-hybridized carbons (Fsp3) is 1.00. The molecule has 3 atom stereocenters. The summed E-state index contributed by atoms with van der Waals surface area (Å²) in [5.74, 6) is 1.60. The summed E-state index contributed by atoms with van der Waals surface area (Å²) < 4.78 is 0. The van der Waals surface area contributed by atoms with E-state index in [4.69, 9.17) is 0 Å². The number of hydrogen-bond acceptors (Lipinski definition) is 3. The van der Waals surface area contributed by atoms with Gasteiger partial charge in [0.1, 0.15) is 0 Å². The Bertz CT molecular complexity index is 331. The molecule has 3 unspecified atom stereocenters. The quantitative estimate of drug-likeness (QED) is 0.791. The van der Waals surface area contributed by atoms with E-state index in [-0.39, 0.29) is 5.54 Å². The summed E-state index contributed by atoms with van der Waals surface area (Å²) >= 11 is 0.